The highest BCUT2D eigenvalue weighted by Gasteiger charge is 2.09. The summed E-state index contributed by atoms with van der Waals surface area (Å²) in [6.07, 6.45) is 5.73. The Bertz CT molecular complexity index is 873. The van der Waals surface area contributed by atoms with Crippen molar-refractivity contribution in [1.29, 1.82) is 0 Å². The minimum atomic E-state index is 0.779. The van der Waals surface area contributed by atoms with Gasteiger partial charge in [-0.15, -0.1) is 11.3 Å². The number of nitrogens with zero attached hydrogens (tertiary/aromatic N) is 3. The fourth-order valence-electron chi connectivity index (χ4n) is 2.55. The first-order valence-corrected chi connectivity index (χ1v) is 7.67. The minimum absolute atomic E-state index is 0.779. The smallest absolute Gasteiger partial charge is 0.150 e. The topological polar surface area (TPSA) is 30.7 Å². The van der Waals surface area contributed by atoms with Crippen molar-refractivity contribution in [1.82, 2.24) is 14.5 Å². The maximum atomic E-state index is 4.52. The van der Waals surface area contributed by atoms with Crippen LogP contribution in [0.5, 0.6) is 0 Å². The number of aromatic nitrogens is 3. The molecule has 0 aliphatic rings. The number of thiophene rings is 1. The molecule has 0 amide bonds. The van der Waals surface area contributed by atoms with Gasteiger partial charge in [0, 0.05) is 24.0 Å². The Morgan fingerprint density at radius 1 is 0.952 bits per heavy atom. The summed E-state index contributed by atoms with van der Waals surface area (Å²) < 4.78 is 2.18. The molecule has 1 aromatic carbocycles. The van der Waals surface area contributed by atoms with E-state index in [-0.39, 0.29) is 0 Å². The van der Waals surface area contributed by atoms with Crippen LogP contribution in [0.4, 0.5) is 0 Å². The summed E-state index contributed by atoms with van der Waals surface area (Å²) >= 11 is 1.71. The van der Waals surface area contributed by atoms with Gasteiger partial charge in [0.2, 0.25) is 0 Å². The summed E-state index contributed by atoms with van der Waals surface area (Å²) in [7, 11) is 0. The van der Waals surface area contributed by atoms with Crippen LogP contribution in [-0.4, -0.2) is 14.5 Å². The molecule has 0 atom stereocenters. The molecular formula is C17H13N3S. The van der Waals surface area contributed by atoms with E-state index >= 15 is 0 Å². The van der Waals surface area contributed by atoms with Crippen molar-refractivity contribution in [3.63, 3.8) is 0 Å². The van der Waals surface area contributed by atoms with E-state index in [1.54, 1.807) is 11.3 Å². The van der Waals surface area contributed by atoms with E-state index in [0.717, 1.165) is 17.9 Å². The average Bonchev–Trinajstić information content (AvgIpc) is 3.18. The van der Waals surface area contributed by atoms with Crippen LogP contribution >= 0.6 is 11.3 Å². The molecule has 0 saturated carbocycles. The summed E-state index contributed by atoms with van der Waals surface area (Å²) in [5, 5.41) is 3.25. The highest BCUT2D eigenvalue weighted by atomic mass is 32.1. The zero-order valence-corrected chi connectivity index (χ0v) is 12.1. The molecule has 0 spiro atoms. The molecule has 0 bridgehead atoms. The van der Waals surface area contributed by atoms with E-state index in [1.165, 1.54) is 15.8 Å². The Balaban J connectivity index is 1.78. The van der Waals surface area contributed by atoms with Crippen LogP contribution in [0.1, 0.15) is 5.56 Å². The number of hydrogen-bond donors (Lipinski definition) is 0. The zero-order valence-electron chi connectivity index (χ0n) is 11.3. The normalized spacial score (nSPS) is 11.0. The molecule has 102 valence electrons. The summed E-state index contributed by atoms with van der Waals surface area (Å²) in [5.74, 6) is 1.01. The number of hydrogen-bond acceptors (Lipinski definition) is 3. The van der Waals surface area contributed by atoms with Crippen molar-refractivity contribution < 1.29 is 0 Å². The Morgan fingerprint density at radius 2 is 1.90 bits per heavy atom. The van der Waals surface area contributed by atoms with Crippen molar-refractivity contribution in [3.05, 3.63) is 72.0 Å². The number of fused-ring (bicyclic) bond motifs is 1. The molecule has 4 rings (SSSR count). The van der Waals surface area contributed by atoms with Crippen molar-refractivity contribution in [2.24, 2.45) is 0 Å². The third kappa shape index (κ3) is 2.23. The SMILES string of the molecule is c1csc(-c2nccn2Cc2cccc3cccnc23)c1. The van der Waals surface area contributed by atoms with E-state index < -0.39 is 0 Å². The summed E-state index contributed by atoms with van der Waals surface area (Å²) in [5.41, 5.74) is 2.27. The second-order valence-electron chi connectivity index (χ2n) is 4.85. The first-order chi connectivity index (χ1) is 10.4. The van der Waals surface area contributed by atoms with Crippen molar-refractivity contribution in [3.8, 4) is 10.7 Å². The first-order valence-electron chi connectivity index (χ1n) is 6.79. The lowest BCUT2D eigenvalue weighted by atomic mass is 10.1. The molecular weight excluding hydrogens is 278 g/mol. The molecule has 3 aromatic heterocycles. The Hall–Kier alpha value is -2.46. The second-order valence-corrected chi connectivity index (χ2v) is 5.80. The van der Waals surface area contributed by atoms with Crippen LogP contribution in [0.15, 0.2) is 66.4 Å². The molecule has 0 unspecified atom stereocenters. The quantitative estimate of drug-likeness (QED) is 0.566. The first kappa shape index (κ1) is 12.3. The van der Waals surface area contributed by atoms with Gasteiger partial charge in [0.1, 0.15) is 5.82 Å². The van der Waals surface area contributed by atoms with Gasteiger partial charge in [0.25, 0.3) is 0 Å². The number of imidazole rings is 1. The lowest BCUT2D eigenvalue weighted by Crippen LogP contribution is -2.01. The molecule has 0 radical (unpaired) electrons. The summed E-state index contributed by atoms with van der Waals surface area (Å²) in [6, 6.07) is 14.5. The fraction of sp³-hybridized carbons (Fsp3) is 0.0588. The monoisotopic (exact) mass is 291 g/mol. The molecule has 0 aliphatic heterocycles. The van der Waals surface area contributed by atoms with Gasteiger partial charge in [-0.05, 0) is 23.1 Å². The van der Waals surface area contributed by atoms with Gasteiger partial charge in [0.05, 0.1) is 16.9 Å². The summed E-state index contributed by atoms with van der Waals surface area (Å²) in [4.78, 5) is 10.2. The van der Waals surface area contributed by atoms with Crippen molar-refractivity contribution >= 4 is 22.2 Å². The average molecular weight is 291 g/mol. The highest BCUT2D eigenvalue weighted by Crippen LogP contribution is 2.24. The summed E-state index contributed by atoms with van der Waals surface area (Å²) in [6.45, 7) is 0.779. The van der Waals surface area contributed by atoms with Crippen LogP contribution in [0, 0.1) is 0 Å². The maximum absolute atomic E-state index is 4.52. The molecule has 0 aliphatic carbocycles. The maximum Gasteiger partial charge on any atom is 0.150 e. The highest BCUT2D eigenvalue weighted by molar-refractivity contribution is 7.13. The molecule has 0 fully saturated rings. The predicted octanol–water partition coefficient (Wildman–Crippen LogP) is 4.21. The van der Waals surface area contributed by atoms with Crippen LogP contribution in [0.3, 0.4) is 0 Å². The molecule has 4 aromatic rings. The van der Waals surface area contributed by atoms with Gasteiger partial charge in [-0.1, -0.05) is 30.3 Å². The lowest BCUT2D eigenvalue weighted by Gasteiger charge is -2.09. The van der Waals surface area contributed by atoms with E-state index in [2.05, 4.69) is 56.3 Å². The van der Waals surface area contributed by atoms with Gasteiger partial charge in [-0.3, -0.25) is 4.98 Å². The largest absolute Gasteiger partial charge is 0.326 e. The molecule has 3 nitrogen and oxygen atoms in total. The van der Waals surface area contributed by atoms with E-state index in [0.29, 0.717) is 0 Å². The fourth-order valence-corrected chi connectivity index (χ4v) is 3.28. The third-order valence-electron chi connectivity index (χ3n) is 3.51. The lowest BCUT2D eigenvalue weighted by molar-refractivity contribution is 0.812. The molecule has 21 heavy (non-hydrogen) atoms. The number of rotatable bonds is 3. The van der Waals surface area contributed by atoms with Gasteiger partial charge in [0.15, 0.2) is 0 Å². The van der Waals surface area contributed by atoms with Gasteiger partial charge < -0.3 is 4.57 Å². The molecule has 3 heterocycles. The molecule has 0 saturated heterocycles. The van der Waals surface area contributed by atoms with E-state index in [9.17, 15) is 0 Å². The van der Waals surface area contributed by atoms with Crippen LogP contribution in [-0.2, 0) is 6.54 Å². The van der Waals surface area contributed by atoms with Gasteiger partial charge >= 0.3 is 0 Å². The Kier molecular flexibility index (Phi) is 3.01. The molecule has 0 N–H and O–H groups in total. The van der Waals surface area contributed by atoms with E-state index in [1.807, 2.05) is 24.7 Å². The molecule has 4 heteroatoms. The number of pyridine rings is 1. The zero-order chi connectivity index (χ0) is 14.1. The van der Waals surface area contributed by atoms with Crippen LogP contribution in [0.25, 0.3) is 21.6 Å². The Morgan fingerprint density at radius 3 is 2.81 bits per heavy atom. The minimum Gasteiger partial charge on any atom is -0.326 e. The third-order valence-corrected chi connectivity index (χ3v) is 4.38. The van der Waals surface area contributed by atoms with Crippen LogP contribution < -0.4 is 0 Å². The second kappa shape index (κ2) is 5.14. The van der Waals surface area contributed by atoms with Crippen molar-refractivity contribution in [2.45, 2.75) is 6.54 Å². The Labute approximate surface area is 126 Å². The predicted molar refractivity (Wildman–Crippen MR) is 86.4 cm³/mol. The number of para-hydroxylation sites is 1. The standard InChI is InChI=1S/C17H13N3S/c1-4-13-6-2-8-18-16(13)14(5-1)12-20-10-9-19-17(20)15-7-3-11-21-15/h1-11H,12H2. The van der Waals surface area contributed by atoms with Gasteiger partial charge in [-0.25, -0.2) is 4.98 Å². The van der Waals surface area contributed by atoms with Crippen molar-refractivity contribution in [2.75, 3.05) is 0 Å². The van der Waals surface area contributed by atoms with Gasteiger partial charge in [-0.2, -0.15) is 0 Å². The van der Waals surface area contributed by atoms with Crippen LogP contribution in [0.2, 0.25) is 0 Å². The van der Waals surface area contributed by atoms with E-state index in [4.69, 9.17) is 0 Å². The number of benzene rings is 1.